The minimum absolute atomic E-state index is 0.186. The van der Waals surface area contributed by atoms with Crippen LogP contribution < -0.4 is 22.5 Å². The van der Waals surface area contributed by atoms with E-state index in [1.165, 1.54) is 49.7 Å². The van der Waals surface area contributed by atoms with Gasteiger partial charge in [0.05, 0.1) is 18.1 Å². The zero-order valence-corrected chi connectivity index (χ0v) is 22.4. The SMILES string of the molecule is CC(=O)C(CCCCn1cnc2c1c(=O)[nH]c(=O)n2C)(CCCCn1cnc2c1c(=O)[nH]c(=O)n2C)C(C)=O. The highest BCUT2D eigenvalue weighted by Crippen LogP contribution is 2.34. The van der Waals surface area contributed by atoms with Crippen LogP contribution in [-0.4, -0.2) is 49.8 Å². The maximum absolute atomic E-state index is 12.7. The van der Waals surface area contributed by atoms with Gasteiger partial charge in [0.25, 0.3) is 11.1 Å². The Morgan fingerprint density at radius 3 is 1.46 bits per heavy atom. The first-order valence-electron chi connectivity index (χ1n) is 12.8. The highest BCUT2D eigenvalue weighted by molar-refractivity contribution is 6.05. The molecule has 39 heavy (non-hydrogen) atoms. The van der Waals surface area contributed by atoms with Crippen molar-refractivity contribution in [2.24, 2.45) is 19.5 Å². The Labute approximate surface area is 221 Å². The first-order valence-corrected chi connectivity index (χ1v) is 12.8. The number of aromatic nitrogens is 8. The van der Waals surface area contributed by atoms with Gasteiger partial charge in [-0.1, -0.05) is 12.8 Å². The molecule has 4 aromatic rings. The summed E-state index contributed by atoms with van der Waals surface area (Å²) in [6, 6.07) is 0. The zero-order chi connectivity index (χ0) is 28.5. The zero-order valence-electron chi connectivity index (χ0n) is 22.4. The molecular weight excluding hydrogens is 508 g/mol. The predicted molar refractivity (Wildman–Crippen MR) is 143 cm³/mol. The molecule has 0 radical (unpaired) electrons. The van der Waals surface area contributed by atoms with Crippen LogP contribution in [0.3, 0.4) is 0 Å². The van der Waals surface area contributed by atoms with Gasteiger partial charge in [-0.05, 0) is 39.5 Å². The van der Waals surface area contributed by atoms with Crippen molar-refractivity contribution in [1.29, 1.82) is 0 Å². The van der Waals surface area contributed by atoms with E-state index in [9.17, 15) is 28.8 Å². The lowest BCUT2D eigenvalue weighted by molar-refractivity contribution is -0.139. The molecule has 0 fully saturated rings. The van der Waals surface area contributed by atoms with Crippen molar-refractivity contribution in [3.63, 3.8) is 0 Å². The molecule has 2 N–H and O–H groups in total. The average molecular weight is 541 g/mol. The number of aromatic amines is 2. The number of carbonyl (C=O) groups excluding carboxylic acids is 2. The average Bonchev–Trinajstić information content (AvgIpc) is 3.50. The smallest absolute Gasteiger partial charge is 0.325 e. The fraction of sp³-hybridized carbons (Fsp3) is 0.520. The van der Waals surface area contributed by atoms with E-state index in [-0.39, 0.29) is 11.6 Å². The molecule has 0 amide bonds. The molecule has 0 aliphatic heterocycles. The van der Waals surface area contributed by atoms with E-state index >= 15 is 0 Å². The van der Waals surface area contributed by atoms with Crippen LogP contribution in [-0.2, 0) is 36.8 Å². The van der Waals surface area contributed by atoms with Crippen molar-refractivity contribution in [3.8, 4) is 0 Å². The number of nitrogens with one attached hydrogen (secondary N) is 2. The highest BCUT2D eigenvalue weighted by atomic mass is 16.2. The van der Waals surface area contributed by atoms with Crippen molar-refractivity contribution in [3.05, 3.63) is 54.3 Å². The van der Waals surface area contributed by atoms with Crippen LogP contribution in [0.5, 0.6) is 0 Å². The number of unbranched alkanes of at least 4 members (excludes halogenated alkanes) is 2. The fourth-order valence-electron chi connectivity index (χ4n) is 5.20. The summed E-state index contributed by atoms with van der Waals surface area (Å²) >= 11 is 0. The largest absolute Gasteiger partial charge is 0.329 e. The van der Waals surface area contributed by atoms with Crippen LogP contribution in [0.25, 0.3) is 22.3 Å². The van der Waals surface area contributed by atoms with Gasteiger partial charge in [-0.3, -0.25) is 38.3 Å². The molecule has 0 aliphatic carbocycles. The summed E-state index contributed by atoms with van der Waals surface area (Å²) in [7, 11) is 3.06. The number of rotatable bonds is 12. The standard InChI is InChI=1S/C25H32N8O6/c1-15(34)25(16(2)35,9-5-7-11-32-13-26-19-17(32)21(36)28-23(38)30(19)3)10-6-8-12-33-14-27-20-18(33)22(37)29-24(39)31(20)4/h13-14H,5-12H2,1-4H3,(H,28,36,38)(H,29,37,39). The second kappa shape index (κ2) is 10.8. The van der Waals surface area contributed by atoms with Crippen molar-refractivity contribution >= 4 is 33.9 Å². The first-order chi connectivity index (χ1) is 18.5. The van der Waals surface area contributed by atoms with Gasteiger partial charge in [-0.25, -0.2) is 19.6 Å². The molecule has 14 heteroatoms. The molecule has 0 saturated carbocycles. The predicted octanol–water partition coefficient (Wildman–Crippen LogP) is 0.365. The Morgan fingerprint density at radius 1 is 0.718 bits per heavy atom. The Hall–Kier alpha value is -4.36. The molecular formula is C25H32N8O6. The third-order valence-corrected chi connectivity index (χ3v) is 7.61. The summed E-state index contributed by atoms with van der Waals surface area (Å²) in [6.07, 6.45) is 6.08. The number of imidazole rings is 2. The monoisotopic (exact) mass is 540 g/mol. The summed E-state index contributed by atoms with van der Waals surface area (Å²) in [5.41, 5.74) is -2.03. The lowest BCUT2D eigenvalue weighted by Gasteiger charge is -2.29. The Balaban J connectivity index is 1.40. The Bertz CT molecular complexity index is 1670. The minimum atomic E-state index is -1.11. The second-order valence-electron chi connectivity index (χ2n) is 9.97. The molecule has 0 bridgehead atoms. The van der Waals surface area contributed by atoms with E-state index < -0.39 is 27.9 Å². The lowest BCUT2D eigenvalue weighted by atomic mass is 9.72. The molecule has 0 saturated heterocycles. The van der Waals surface area contributed by atoms with Crippen molar-refractivity contribution in [1.82, 2.24) is 38.2 Å². The maximum atomic E-state index is 12.7. The third kappa shape index (κ3) is 5.05. The van der Waals surface area contributed by atoms with E-state index in [2.05, 4.69) is 19.9 Å². The number of H-pyrrole nitrogens is 2. The number of fused-ring (bicyclic) bond motifs is 2. The van der Waals surface area contributed by atoms with Crippen molar-refractivity contribution < 1.29 is 9.59 Å². The van der Waals surface area contributed by atoms with Crippen LogP contribution >= 0.6 is 0 Å². The molecule has 4 rings (SSSR count). The molecule has 0 aliphatic rings. The molecule has 14 nitrogen and oxygen atoms in total. The van der Waals surface area contributed by atoms with Gasteiger partial charge < -0.3 is 9.13 Å². The minimum Gasteiger partial charge on any atom is -0.325 e. The number of Topliss-reactive ketones (excluding diaryl/α,β-unsaturated/α-hetero) is 2. The van der Waals surface area contributed by atoms with Gasteiger partial charge in [-0.15, -0.1) is 0 Å². The van der Waals surface area contributed by atoms with Crippen LogP contribution in [0.1, 0.15) is 52.4 Å². The van der Waals surface area contributed by atoms with Crippen LogP contribution in [0.15, 0.2) is 31.8 Å². The number of hydrogen-bond acceptors (Lipinski definition) is 8. The molecule has 4 aromatic heterocycles. The summed E-state index contributed by atoms with van der Waals surface area (Å²) in [6.45, 7) is 3.76. The van der Waals surface area contributed by atoms with Gasteiger partial charge >= 0.3 is 11.4 Å². The number of carbonyl (C=O) groups is 2. The summed E-state index contributed by atoms with van der Waals surface area (Å²) < 4.78 is 5.88. The number of nitrogens with zero attached hydrogens (tertiary/aromatic N) is 6. The van der Waals surface area contributed by atoms with Crippen LogP contribution in [0, 0.1) is 5.41 Å². The molecule has 0 unspecified atom stereocenters. The van der Waals surface area contributed by atoms with Crippen LogP contribution in [0.4, 0.5) is 0 Å². The molecule has 0 spiro atoms. The first kappa shape index (κ1) is 27.7. The summed E-state index contributed by atoms with van der Waals surface area (Å²) in [4.78, 5) is 86.5. The summed E-state index contributed by atoms with van der Waals surface area (Å²) in [5, 5.41) is 0. The lowest BCUT2D eigenvalue weighted by Crippen LogP contribution is -2.36. The number of aryl methyl sites for hydroxylation is 4. The van der Waals surface area contributed by atoms with E-state index in [0.29, 0.717) is 73.9 Å². The maximum Gasteiger partial charge on any atom is 0.329 e. The summed E-state index contributed by atoms with van der Waals surface area (Å²) in [5.74, 6) is -0.372. The van der Waals surface area contributed by atoms with Crippen LogP contribution in [0.2, 0.25) is 0 Å². The Morgan fingerprint density at radius 2 is 1.10 bits per heavy atom. The second-order valence-corrected chi connectivity index (χ2v) is 9.97. The van der Waals surface area contributed by atoms with E-state index in [4.69, 9.17) is 0 Å². The van der Waals surface area contributed by atoms with Crippen molar-refractivity contribution in [2.45, 2.75) is 65.5 Å². The normalized spacial score (nSPS) is 12.0. The molecule has 0 aromatic carbocycles. The van der Waals surface area contributed by atoms with Crippen molar-refractivity contribution in [2.75, 3.05) is 0 Å². The van der Waals surface area contributed by atoms with E-state index in [0.717, 1.165) is 0 Å². The topological polar surface area (TPSA) is 180 Å². The number of hydrogen-bond donors (Lipinski definition) is 2. The molecule has 208 valence electrons. The van der Waals surface area contributed by atoms with Gasteiger partial charge in [0.2, 0.25) is 0 Å². The Kier molecular flexibility index (Phi) is 7.65. The van der Waals surface area contributed by atoms with Gasteiger partial charge in [0.15, 0.2) is 22.3 Å². The number of ketones is 2. The van der Waals surface area contributed by atoms with Gasteiger partial charge in [0, 0.05) is 27.2 Å². The van der Waals surface area contributed by atoms with E-state index in [1.54, 1.807) is 9.13 Å². The molecule has 0 atom stereocenters. The van der Waals surface area contributed by atoms with Gasteiger partial charge in [0.1, 0.15) is 11.6 Å². The highest BCUT2D eigenvalue weighted by Gasteiger charge is 2.39. The fourth-order valence-corrected chi connectivity index (χ4v) is 5.20. The van der Waals surface area contributed by atoms with Gasteiger partial charge in [-0.2, -0.15) is 0 Å². The third-order valence-electron chi connectivity index (χ3n) is 7.61. The molecule has 4 heterocycles. The van der Waals surface area contributed by atoms with E-state index in [1.807, 2.05) is 0 Å². The quantitative estimate of drug-likeness (QED) is 0.191.